The molecule has 0 fully saturated rings. The standard InChI is InChI=1S/C16H17IN2O2/c1-11(12-3-5-14(18-2)6-4-12)13-9-15(17)16(19-10-13)21-8-7-20/h3-6,9-10,18,20H,1,7-8H2,2H3. The molecule has 0 aliphatic heterocycles. The number of pyridine rings is 1. The Morgan fingerprint density at radius 2 is 2.05 bits per heavy atom. The van der Waals surface area contributed by atoms with Crippen LogP contribution in [0.15, 0.2) is 43.1 Å². The molecular formula is C16H17IN2O2. The molecule has 0 saturated carbocycles. The van der Waals surface area contributed by atoms with Gasteiger partial charge in [-0.25, -0.2) is 4.98 Å². The van der Waals surface area contributed by atoms with E-state index in [-0.39, 0.29) is 13.2 Å². The fourth-order valence-corrected chi connectivity index (χ4v) is 2.47. The molecule has 1 aromatic carbocycles. The Morgan fingerprint density at radius 1 is 1.33 bits per heavy atom. The minimum Gasteiger partial charge on any atom is -0.474 e. The zero-order chi connectivity index (χ0) is 15.2. The average Bonchev–Trinajstić information content (AvgIpc) is 2.53. The Labute approximate surface area is 138 Å². The lowest BCUT2D eigenvalue weighted by Crippen LogP contribution is -2.04. The summed E-state index contributed by atoms with van der Waals surface area (Å²) < 4.78 is 6.25. The molecule has 0 unspecified atom stereocenters. The van der Waals surface area contributed by atoms with Gasteiger partial charge in [0.05, 0.1) is 10.2 Å². The molecule has 4 nitrogen and oxygen atoms in total. The predicted molar refractivity (Wildman–Crippen MR) is 93.7 cm³/mol. The Kier molecular flexibility index (Phi) is 5.58. The number of aliphatic hydroxyl groups is 1. The topological polar surface area (TPSA) is 54.4 Å². The number of halogens is 1. The number of ether oxygens (including phenoxy) is 1. The largest absolute Gasteiger partial charge is 0.474 e. The molecular weight excluding hydrogens is 379 g/mol. The summed E-state index contributed by atoms with van der Waals surface area (Å²) in [7, 11) is 1.89. The van der Waals surface area contributed by atoms with E-state index in [9.17, 15) is 0 Å². The van der Waals surface area contributed by atoms with Crippen molar-refractivity contribution in [3.63, 3.8) is 0 Å². The lowest BCUT2D eigenvalue weighted by Gasteiger charge is -2.10. The number of nitrogens with zero attached hydrogens (tertiary/aromatic N) is 1. The van der Waals surface area contributed by atoms with Crippen molar-refractivity contribution in [3.8, 4) is 5.88 Å². The van der Waals surface area contributed by atoms with Gasteiger partial charge in [-0.05, 0) is 51.9 Å². The molecule has 0 amide bonds. The zero-order valence-corrected chi connectivity index (χ0v) is 13.9. The van der Waals surface area contributed by atoms with Crippen molar-refractivity contribution in [3.05, 3.63) is 57.8 Å². The van der Waals surface area contributed by atoms with Crippen LogP contribution < -0.4 is 10.1 Å². The number of rotatable bonds is 6. The molecule has 2 aromatic rings. The second-order valence-electron chi connectivity index (χ2n) is 4.39. The molecule has 0 atom stereocenters. The summed E-state index contributed by atoms with van der Waals surface area (Å²) in [6.45, 7) is 4.36. The number of hydrogen-bond donors (Lipinski definition) is 2. The van der Waals surface area contributed by atoms with E-state index in [2.05, 4.69) is 39.5 Å². The van der Waals surface area contributed by atoms with Gasteiger partial charge in [0, 0.05) is 24.5 Å². The van der Waals surface area contributed by atoms with Gasteiger partial charge in [-0.15, -0.1) is 0 Å². The van der Waals surface area contributed by atoms with Crippen molar-refractivity contribution < 1.29 is 9.84 Å². The molecule has 0 bridgehead atoms. The fourth-order valence-electron chi connectivity index (χ4n) is 1.84. The van der Waals surface area contributed by atoms with E-state index < -0.39 is 0 Å². The van der Waals surface area contributed by atoms with Gasteiger partial charge in [-0.1, -0.05) is 18.7 Å². The second-order valence-corrected chi connectivity index (χ2v) is 5.55. The van der Waals surface area contributed by atoms with Crippen LogP contribution in [-0.2, 0) is 0 Å². The Balaban J connectivity index is 2.20. The number of nitrogens with one attached hydrogen (secondary N) is 1. The van der Waals surface area contributed by atoms with E-state index >= 15 is 0 Å². The highest BCUT2D eigenvalue weighted by Gasteiger charge is 2.08. The Hall–Kier alpha value is -1.60. The van der Waals surface area contributed by atoms with Crippen LogP contribution in [-0.4, -0.2) is 30.4 Å². The van der Waals surface area contributed by atoms with Crippen LogP contribution in [0, 0.1) is 3.57 Å². The first-order valence-corrected chi connectivity index (χ1v) is 7.60. The van der Waals surface area contributed by atoms with E-state index in [1.807, 2.05) is 37.4 Å². The van der Waals surface area contributed by atoms with Crippen molar-refractivity contribution in [2.75, 3.05) is 25.6 Å². The van der Waals surface area contributed by atoms with Gasteiger partial charge < -0.3 is 15.2 Å². The number of hydrogen-bond acceptors (Lipinski definition) is 4. The average molecular weight is 396 g/mol. The van der Waals surface area contributed by atoms with E-state index in [1.165, 1.54) is 0 Å². The maximum Gasteiger partial charge on any atom is 0.227 e. The number of anilines is 1. The van der Waals surface area contributed by atoms with Gasteiger partial charge in [-0.2, -0.15) is 0 Å². The minimum absolute atomic E-state index is 0.0238. The quantitative estimate of drug-likeness (QED) is 0.737. The molecule has 0 radical (unpaired) electrons. The fraction of sp³-hybridized carbons (Fsp3) is 0.188. The molecule has 2 rings (SSSR count). The van der Waals surface area contributed by atoms with Gasteiger partial charge in [0.1, 0.15) is 6.61 Å². The van der Waals surface area contributed by atoms with Gasteiger partial charge in [0.25, 0.3) is 0 Å². The summed E-state index contributed by atoms with van der Waals surface area (Å²) in [4.78, 5) is 4.28. The summed E-state index contributed by atoms with van der Waals surface area (Å²) in [5, 5.41) is 11.9. The summed E-state index contributed by atoms with van der Waals surface area (Å²) in [5.41, 5.74) is 3.98. The second kappa shape index (κ2) is 7.42. The summed E-state index contributed by atoms with van der Waals surface area (Å²) >= 11 is 2.17. The Morgan fingerprint density at radius 3 is 2.62 bits per heavy atom. The van der Waals surface area contributed by atoms with Crippen LogP contribution >= 0.6 is 22.6 Å². The molecule has 110 valence electrons. The van der Waals surface area contributed by atoms with Gasteiger partial charge in [0.15, 0.2) is 0 Å². The van der Waals surface area contributed by atoms with Crippen LogP contribution in [0.4, 0.5) is 5.69 Å². The van der Waals surface area contributed by atoms with Crippen molar-refractivity contribution >= 4 is 33.9 Å². The number of aliphatic hydroxyl groups excluding tert-OH is 1. The monoisotopic (exact) mass is 396 g/mol. The van der Waals surface area contributed by atoms with Crippen LogP contribution in [0.5, 0.6) is 5.88 Å². The smallest absolute Gasteiger partial charge is 0.227 e. The van der Waals surface area contributed by atoms with Crippen molar-refractivity contribution in [2.24, 2.45) is 0 Å². The predicted octanol–water partition coefficient (Wildman–Crippen LogP) is 3.16. The van der Waals surface area contributed by atoms with E-state index in [0.29, 0.717) is 5.88 Å². The highest BCUT2D eigenvalue weighted by atomic mass is 127. The van der Waals surface area contributed by atoms with Crippen LogP contribution in [0.2, 0.25) is 0 Å². The molecule has 2 N–H and O–H groups in total. The minimum atomic E-state index is -0.0238. The first-order chi connectivity index (χ1) is 10.2. The first-order valence-electron chi connectivity index (χ1n) is 6.52. The van der Waals surface area contributed by atoms with E-state index in [1.54, 1.807) is 6.20 Å². The maximum absolute atomic E-state index is 8.78. The lowest BCUT2D eigenvalue weighted by molar-refractivity contribution is 0.196. The summed E-state index contributed by atoms with van der Waals surface area (Å²) in [5.74, 6) is 0.534. The molecule has 0 spiro atoms. The third-order valence-corrected chi connectivity index (χ3v) is 3.78. The molecule has 1 aromatic heterocycles. The Bertz CT molecular complexity index is 627. The van der Waals surface area contributed by atoms with Crippen molar-refractivity contribution in [1.82, 2.24) is 4.98 Å². The van der Waals surface area contributed by atoms with Crippen LogP contribution in [0.1, 0.15) is 11.1 Å². The number of aromatic nitrogens is 1. The van der Waals surface area contributed by atoms with E-state index in [4.69, 9.17) is 9.84 Å². The molecule has 21 heavy (non-hydrogen) atoms. The molecule has 5 heteroatoms. The summed E-state index contributed by atoms with van der Waals surface area (Å²) in [6, 6.07) is 10.1. The molecule has 0 saturated heterocycles. The SMILES string of the molecule is C=C(c1ccc(NC)cc1)c1cnc(OCCO)c(I)c1. The molecule has 0 aliphatic carbocycles. The van der Waals surface area contributed by atoms with Gasteiger partial charge in [0.2, 0.25) is 5.88 Å². The lowest BCUT2D eigenvalue weighted by atomic mass is 10.0. The van der Waals surface area contributed by atoms with Crippen molar-refractivity contribution in [1.29, 1.82) is 0 Å². The molecule has 0 aliphatic rings. The highest BCUT2D eigenvalue weighted by molar-refractivity contribution is 14.1. The van der Waals surface area contributed by atoms with Crippen molar-refractivity contribution in [2.45, 2.75) is 0 Å². The third kappa shape index (κ3) is 3.95. The van der Waals surface area contributed by atoms with Gasteiger partial charge in [-0.3, -0.25) is 0 Å². The van der Waals surface area contributed by atoms with Gasteiger partial charge >= 0.3 is 0 Å². The zero-order valence-electron chi connectivity index (χ0n) is 11.8. The molecule has 1 heterocycles. The number of benzene rings is 1. The summed E-state index contributed by atoms with van der Waals surface area (Å²) in [6.07, 6.45) is 1.74. The van der Waals surface area contributed by atoms with Crippen LogP contribution in [0.25, 0.3) is 5.57 Å². The normalized spacial score (nSPS) is 10.2. The van der Waals surface area contributed by atoms with E-state index in [0.717, 1.165) is 26.0 Å². The highest BCUT2D eigenvalue weighted by Crippen LogP contribution is 2.26. The van der Waals surface area contributed by atoms with Crippen LogP contribution in [0.3, 0.4) is 0 Å². The third-order valence-electron chi connectivity index (χ3n) is 3.01. The maximum atomic E-state index is 8.78. The first kappa shape index (κ1) is 15.8.